The van der Waals surface area contributed by atoms with Gasteiger partial charge in [0.2, 0.25) is 0 Å². The maximum atomic E-state index is 5.86. The molecule has 21 heavy (non-hydrogen) atoms. The summed E-state index contributed by atoms with van der Waals surface area (Å²) in [5.74, 6) is 4.13. The fourth-order valence-corrected chi connectivity index (χ4v) is 2.55. The number of ether oxygens (including phenoxy) is 1. The molecule has 1 heteroatoms. The highest BCUT2D eigenvalue weighted by Gasteiger charge is 2.11. The van der Waals surface area contributed by atoms with Gasteiger partial charge >= 0.3 is 0 Å². The Morgan fingerprint density at radius 3 is 2.52 bits per heavy atom. The number of hydrogen-bond acceptors (Lipinski definition) is 1. The van der Waals surface area contributed by atoms with Crippen molar-refractivity contribution in [2.24, 2.45) is 0 Å². The van der Waals surface area contributed by atoms with Crippen molar-refractivity contribution in [3.05, 3.63) is 65.2 Å². The van der Waals surface area contributed by atoms with E-state index in [2.05, 4.69) is 44.0 Å². The molecular weight excluding hydrogens is 256 g/mol. The maximum absolute atomic E-state index is 5.86. The lowest BCUT2D eigenvalue weighted by Crippen LogP contribution is -2.01. The van der Waals surface area contributed by atoms with Gasteiger partial charge in [-0.3, -0.25) is 0 Å². The van der Waals surface area contributed by atoms with E-state index in [4.69, 9.17) is 11.2 Å². The Balaban J connectivity index is 2.07. The lowest BCUT2D eigenvalue weighted by atomic mass is 9.90. The highest BCUT2D eigenvalue weighted by Crippen LogP contribution is 2.28. The van der Waals surface area contributed by atoms with Crippen LogP contribution >= 0.6 is 0 Å². The van der Waals surface area contributed by atoms with Crippen LogP contribution in [0.2, 0.25) is 0 Å². The van der Waals surface area contributed by atoms with Gasteiger partial charge in [-0.2, -0.15) is 0 Å². The predicted octanol–water partition coefficient (Wildman–Crippen LogP) is 5.09. The van der Waals surface area contributed by atoms with E-state index in [0.29, 0.717) is 12.5 Å². The average Bonchev–Trinajstić information content (AvgIpc) is 2.52. The Labute approximate surface area is 128 Å². The lowest BCUT2D eigenvalue weighted by molar-refractivity contribution is 0.306. The first-order valence-corrected chi connectivity index (χ1v) is 7.45. The van der Waals surface area contributed by atoms with E-state index < -0.39 is 0 Å². The number of hydrogen-bond donors (Lipinski definition) is 0. The van der Waals surface area contributed by atoms with Crippen LogP contribution in [0.15, 0.2) is 48.5 Å². The van der Waals surface area contributed by atoms with E-state index in [1.807, 2.05) is 24.3 Å². The SMILES string of the molecule is C#CCC(CC)c1ccc(OCc2ccccc2)cc1C. The normalized spacial score (nSPS) is 11.7. The zero-order chi connectivity index (χ0) is 15.1. The van der Waals surface area contributed by atoms with Gasteiger partial charge in [0.15, 0.2) is 0 Å². The molecule has 0 saturated carbocycles. The van der Waals surface area contributed by atoms with E-state index in [9.17, 15) is 0 Å². The molecule has 1 unspecified atom stereocenters. The molecule has 2 aromatic rings. The summed E-state index contributed by atoms with van der Waals surface area (Å²) >= 11 is 0. The van der Waals surface area contributed by atoms with Crippen LogP contribution in [-0.4, -0.2) is 0 Å². The second-order valence-electron chi connectivity index (χ2n) is 5.31. The van der Waals surface area contributed by atoms with Crippen LogP contribution in [-0.2, 0) is 6.61 Å². The molecule has 0 aliphatic carbocycles. The summed E-state index contributed by atoms with van der Waals surface area (Å²) in [6, 6.07) is 16.5. The molecule has 0 fully saturated rings. The van der Waals surface area contributed by atoms with Gasteiger partial charge in [0.1, 0.15) is 12.4 Å². The minimum atomic E-state index is 0.443. The first-order valence-electron chi connectivity index (χ1n) is 7.45. The summed E-state index contributed by atoms with van der Waals surface area (Å²) in [4.78, 5) is 0. The molecule has 0 aliphatic rings. The Morgan fingerprint density at radius 1 is 1.14 bits per heavy atom. The zero-order valence-corrected chi connectivity index (χ0v) is 12.8. The largest absolute Gasteiger partial charge is 0.489 e. The van der Waals surface area contributed by atoms with Gasteiger partial charge in [-0.25, -0.2) is 0 Å². The second kappa shape index (κ2) is 7.55. The summed E-state index contributed by atoms with van der Waals surface area (Å²) in [6.45, 7) is 4.91. The van der Waals surface area contributed by atoms with Crippen LogP contribution in [0.3, 0.4) is 0 Å². The van der Waals surface area contributed by atoms with Crippen LogP contribution in [0.25, 0.3) is 0 Å². The lowest BCUT2D eigenvalue weighted by Gasteiger charge is -2.16. The monoisotopic (exact) mass is 278 g/mol. The highest BCUT2D eigenvalue weighted by molar-refractivity contribution is 5.37. The summed E-state index contributed by atoms with van der Waals surface area (Å²) in [7, 11) is 0. The predicted molar refractivity (Wildman–Crippen MR) is 88.4 cm³/mol. The molecule has 0 aromatic heterocycles. The molecule has 0 bridgehead atoms. The zero-order valence-electron chi connectivity index (χ0n) is 12.8. The van der Waals surface area contributed by atoms with Crippen LogP contribution in [0.5, 0.6) is 5.75 Å². The van der Waals surface area contributed by atoms with Crippen molar-refractivity contribution in [3.8, 4) is 18.1 Å². The number of benzene rings is 2. The second-order valence-corrected chi connectivity index (χ2v) is 5.31. The minimum Gasteiger partial charge on any atom is -0.489 e. The van der Waals surface area contributed by atoms with Crippen LogP contribution < -0.4 is 4.74 Å². The van der Waals surface area contributed by atoms with Gasteiger partial charge in [-0.15, -0.1) is 12.3 Å². The van der Waals surface area contributed by atoms with Gasteiger partial charge in [0.25, 0.3) is 0 Å². The third-order valence-electron chi connectivity index (χ3n) is 3.79. The fourth-order valence-electron chi connectivity index (χ4n) is 2.55. The van der Waals surface area contributed by atoms with E-state index in [1.165, 1.54) is 16.7 Å². The third-order valence-corrected chi connectivity index (χ3v) is 3.79. The van der Waals surface area contributed by atoms with Crippen molar-refractivity contribution in [1.82, 2.24) is 0 Å². The van der Waals surface area contributed by atoms with Crippen molar-refractivity contribution in [1.29, 1.82) is 0 Å². The van der Waals surface area contributed by atoms with E-state index in [-0.39, 0.29) is 0 Å². The van der Waals surface area contributed by atoms with E-state index in [1.54, 1.807) is 0 Å². The number of aryl methyl sites for hydroxylation is 1. The molecule has 1 nitrogen and oxygen atoms in total. The standard InChI is InChI=1S/C20H22O/c1-4-9-18(5-2)20-13-12-19(14-16(20)3)21-15-17-10-7-6-8-11-17/h1,6-8,10-14,18H,5,9,15H2,2-3H3. The molecule has 108 valence electrons. The highest BCUT2D eigenvalue weighted by atomic mass is 16.5. The molecule has 0 spiro atoms. The molecule has 0 saturated heterocycles. The maximum Gasteiger partial charge on any atom is 0.120 e. The van der Waals surface area contributed by atoms with Gasteiger partial charge in [-0.1, -0.05) is 43.3 Å². The van der Waals surface area contributed by atoms with Crippen molar-refractivity contribution in [3.63, 3.8) is 0 Å². The van der Waals surface area contributed by atoms with E-state index >= 15 is 0 Å². The number of terminal acetylenes is 1. The van der Waals surface area contributed by atoms with Crippen LogP contribution in [0.1, 0.15) is 42.4 Å². The summed E-state index contributed by atoms with van der Waals surface area (Å²) in [5, 5.41) is 0. The van der Waals surface area contributed by atoms with Crippen molar-refractivity contribution in [2.45, 2.75) is 39.2 Å². The molecule has 2 aromatic carbocycles. The average molecular weight is 278 g/mol. The molecular formula is C20H22O. The topological polar surface area (TPSA) is 9.23 Å². The quantitative estimate of drug-likeness (QED) is 0.669. The Morgan fingerprint density at radius 2 is 1.90 bits per heavy atom. The van der Waals surface area contributed by atoms with Gasteiger partial charge in [0.05, 0.1) is 0 Å². The minimum absolute atomic E-state index is 0.443. The van der Waals surface area contributed by atoms with Gasteiger partial charge in [0, 0.05) is 6.42 Å². The first kappa shape index (κ1) is 15.2. The van der Waals surface area contributed by atoms with E-state index in [0.717, 1.165) is 18.6 Å². The smallest absolute Gasteiger partial charge is 0.120 e. The molecule has 0 heterocycles. The molecule has 2 rings (SSSR count). The number of rotatable bonds is 6. The fraction of sp³-hybridized carbons (Fsp3) is 0.300. The Kier molecular flexibility index (Phi) is 5.46. The molecule has 0 amide bonds. The van der Waals surface area contributed by atoms with Gasteiger partial charge < -0.3 is 4.74 Å². The molecule has 0 radical (unpaired) electrons. The van der Waals surface area contributed by atoms with Crippen LogP contribution in [0, 0.1) is 19.3 Å². The molecule has 1 atom stereocenters. The first-order chi connectivity index (χ1) is 10.2. The van der Waals surface area contributed by atoms with Gasteiger partial charge in [-0.05, 0) is 48.1 Å². The Bertz CT molecular complexity index is 607. The molecule has 0 aliphatic heterocycles. The van der Waals surface area contributed by atoms with Crippen molar-refractivity contribution in [2.75, 3.05) is 0 Å². The summed E-state index contributed by atoms with van der Waals surface area (Å²) in [5.41, 5.74) is 3.77. The third kappa shape index (κ3) is 4.13. The Hall–Kier alpha value is -2.20. The molecule has 0 N–H and O–H groups in total. The summed E-state index contributed by atoms with van der Waals surface area (Å²) < 4.78 is 5.86. The summed E-state index contributed by atoms with van der Waals surface area (Å²) in [6.07, 6.45) is 7.32. The van der Waals surface area contributed by atoms with Crippen LogP contribution in [0.4, 0.5) is 0 Å². The van der Waals surface area contributed by atoms with Crippen molar-refractivity contribution < 1.29 is 4.74 Å². The van der Waals surface area contributed by atoms with Crippen molar-refractivity contribution >= 4 is 0 Å².